The molecule has 2 nitrogen and oxygen atoms in total. The van der Waals surface area contributed by atoms with Gasteiger partial charge in [-0.25, -0.2) is 4.98 Å². The molecule has 4 rings (SSSR count). The average molecular weight is 311 g/mol. The number of nitrogens with zero attached hydrogens (tertiary/aromatic N) is 1. The van der Waals surface area contributed by atoms with Crippen LogP contribution in [0.25, 0.3) is 33.2 Å². The van der Waals surface area contributed by atoms with E-state index in [-0.39, 0.29) is 0 Å². The molecule has 0 amide bonds. The van der Waals surface area contributed by atoms with Gasteiger partial charge in [0.2, 0.25) is 5.88 Å². The van der Waals surface area contributed by atoms with Crippen molar-refractivity contribution in [3.05, 3.63) is 84.9 Å². The van der Waals surface area contributed by atoms with E-state index in [2.05, 4.69) is 65.6 Å². The molecule has 2 heteroatoms. The molecule has 0 aliphatic carbocycles. The Balaban J connectivity index is 1.79. The van der Waals surface area contributed by atoms with E-state index in [0.717, 1.165) is 22.0 Å². The number of benzene rings is 3. The molecule has 4 aromatic rings. The molecule has 1 heterocycles. The van der Waals surface area contributed by atoms with Crippen LogP contribution in [-0.2, 0) is 0 Å². The zero-order valence-electron chi connectivity index (χ0n) is 13.4. The first-order valence-electron chi connectivity index (χ1n) is 7.95. The maximum Gasteiger partial charge on any atom is 0.221 e. The quantitative estimate of drug-likeness (QED) is 0.493. The second-order valence-electron chi connectivity index (χ2n) is 5.68. The van der Waals surface area contributed by atoms with Crippen LogP contribution in [0.1, 0.15) is 0 Å². The largest absolute Gasteiger partial charge is 0.481 e. The molecular weight excluding hydrogens is 294 g/mol. The van der Waals surface area contributed by atoms with Gasteiger partial charge in [0, 0.05) is 10.9 Å². The molecule has 0 atom stereocenters. The first-order valence-corrected chi connectivity index (χ1v) is 7.95. The minimum atomic E-state index is 0.654. The molecule has 0 saturated carbocycles. The Morgan fingerprint density at radius 3 is 2.04 bits per heavy atom. The summed E-state index contributed by atoms with van der Waals surface area (Å²) in [6.45, 7) is 0. The summed E-state index contributed by atoms with van der Waals surface area (Å²) in [7, 11) is 1.67. The SMILES string of the molecule is COc1nc2ccccc2cc1-c1ccc(-c2ccccc2)cc1. The highest BCUT2D eigenvalue weighted by molar-refractivity contribution is 5.86. The van der Waals surface area contributed by atoms with Gasteiger partial charge in [0.15, 0.2) is 0 Å². The molecule has 0 aliphatic heterocycles. The lowest BCUT2D eigenvalue weighted by Crippen LogP contribution is -1.93. The van der Waals surface area contributed by atoms with Crippen LogP contribution in [0.5, 0.6) is 5.88 Å². The third-order valence-corrected chi connectivity index (χ3v) is 4.19. The second-order valence-corrected chi connectivity index (χ2v) is 5.68. The Morgan fingerprint density at radius 1 is 0.667 bits per heavy atom. The highest BCUT2D eigenvalue weighted by Gasteiger charge is 2.10. The van der Waals surface area contributed by atoms with Gasteiger partial charge in [-0.05, 0) is 28.8 Å². The van der Waals surface area contributed by atoms with Crippen LogP contribution in [0.4, 0.5) is 0 Å². The maximum absolute atomic E-state index is 5.51. The molecule has 116 valence electrons. The predicted molar refractivity (Wildman–Crippen MR) is 99.2 cm³/mol. The number of rotatable bonds is 3. The van der Waals surface area contributed by atoms with Gasteiger partial charge in [-0.15, -0.1) is 0 Å². The number of para-hydroxylation sites is 1. The minimum Gasteiger partial charge on any atom is -0.481 e. The summed E-state index contributed by atoms with van der Waals surface area (Å²) in [5.74, 6) is 0.654. The molecule has 0 radical (unpaired) electrons. The first-order chi connectivity index (χ1) is 11.8. The van der Waals surface area contributed by atoms with E-state index >= 15 is 0 Å². The van der Waals surface area contributed by atoms with Gasteiger partial charge in [-0.3, -0.25) is 0 Å². The fourth-order valence-electron chi connectivity index (χ4n) is 2.93. The van der Waals surface area contributed by atoms with E-state index in [9.17, 15) is 0 Å². The van der Waals surface area contributed by atoms with Crippen LogP contribution >= 0.6 is 0 Å². The molecule has 0 N–H and O–H groups in total. The molecule has 0 unspecified atom stereocenters. The minimum absolute atomic E-state index is 0.654. The van der Waals surface area contributed by atoms with E-state index in [1.165, 1.54) is 11.1 Å². The van der Waals surface area contributed by atoms with Gasteiger partial charge in [-0.2, -0.15) is 0 Å². The lowest BCUT2D eigenvalue weighted by atomic mass is 10.00. The molecule has 0 aliphatic rings. The van der Waals surface area contributed by atoms with Crippen molar-refractivity contribution < 1.29 is 4.74 Å². The van der Waals surface area contributed by atoms with Crippen LogP contribution in [0.2, 0.25) is 0 Å². The highest BCUT2D eigenvalue weighted by atomic mass is 16.5. The fraction of sp³-hybridized carbons (Fsp3) is 0.0455. The smallest absolute Gasteiger partial charge is 0.221 e. The zero-order chi connectivity index (χ0) is 16.4. The average Bonchev–Trinajstić information content (AvgIpc) is 2.68. The topological polar surface area (TPSA) is 22.1 Å². The van der Waals surface area contributed by atoms with E-state index in [4.69, 9.17) is 4.74 Å². The maximum atomic E-state index is 5.51. The van der Waals surface area contributed by atoms with Gasteiger partial charge in [0.05, 0.1) is 12.6 Å². The van der Waals surface area contributed by atoms with Crippen LogP contribution in [0, 0.1) is 0 Å². The Hall–Kier alpha value is -3.13. The third kappa shape index (κ3) is 2.63. The van der Waals surface area contributed by atoms with Crippen molar-refractivity contribution in [1.29, 1.82) is 0 Å². The van der Waals surface area contributed by atoms with Crippen LogP contribution in [-0.4, -0.2) is 12.1 Å². The second kappa shape index (κ2) is 6.17. The van der Waals surface area contributed by atoms with Crippen molar-refractivity contribution in [2.45, 2.75) is 0 Å². The first kappa shape index (κ1) is 14.5. The van der Waals surface area contributed by atoms with Crippen molar-refractivity contribution in [2.75, 3.05) is 7.11 Å². The number of hydrogen-bond donors (Lipinski definition) is 0. The van der Waals surface area contributed by atoms with Crippen LogP contribution in [0.3, 0.4) is 0 Å². The highest BCUT2D eigenvalue weighted by Crippen LogP contribution is 2.32. The Labute approximate surface area is 141 Å². The third-order valence-electron chi connectivity index (χ3n) is 4.19. The van der Waals surface area contributed by atoms with Gasteiger partial charge < -0.3 is 4.74 Å². The van der Waals surface area contributed by atoms with E-state index in [0.29, 0.717) is 5.88 Å². The number of aromatic nitrogens is 1. The Morgan fingerprint density at radius 2 is 1.29 bits per heavy atom. The van der Waals surface area contributed by atoms with Crippen molar-refractivity contribution in [3.8, 4) is 28.1 Å². The number of fused-ring (bicyclic) bond motifs is 1. The summed E-state index contributed by atoms with van der Waals surface area (Å²) in [6.07, 6.45) is 0. The summed E-state index contributed by atoms with van der Waals surface area (Å²) in [5.41, 5.74) is 5.47. The van der Waals surface area contributed by atoms with E-state index in [1.54, 1.807) is 7.11 Å². The van der Waals surface area contributed by atoms with Crippen molar-refractivity contribution >= 4 is 10.9 Å². The van der Waals surface area contributed by atoms with E-state index in [1.807, 2.05) is 24.3 Å². The molecule has 0 saturated heterocycles. The Bertz CT molecular complexity index is 976. The summed E-state index contributed by atoms with van der Waals surface area (Å²) < 4.78 is 5.51. The molecular formula is C22H17NO. The number of methoxy groups -OCH3 is 1. The number of hydrogen-bond acceptors (Lipinski definition) is 2. The van der Waals surface area contributed by atoms with Crippen molar-refractivity contribution in [2.24, 2.45) is 0 Å². The number of pyridine rings is 1. The monoisotopic (exact) mass is 311 g/mol. The molecule has 0 spiro atoms. The van der Waals surface area contributed by atoms with Crippen LogP contribution in [0.15, 0.2) is 84.9 Å². The summed E-state index contributed by atoms with van der Waals surface area (Å²) in [6, 6.07) is 29.1. The van der Waals surface area contributed by atoms with Gasteiger partial charge >= 0.3 is 0 Å². The fourth-order valence-corrected chi connectivity index (χ4v) is 2.93. The summed E-state index contributed by atoms with van der Waals surface area (Å²) in [4.78, 5) is 4.63. The molecule has 1 aromatic heterocycles. The molecule has 0 bridgehead atoms. The lowest BCUT2D eigenvalue weighted by Gasteiger charge is -2.10. The molecule has 24 heavy (non-hydrogen) atoms. The molecule has 3 aromatic carbocycles. The molecule has 0 fully saturated rings. The zero-order valence-corrected chi connectivity index (χ0v) is 13.4. The Kier molecular flexibility index (Phi) is 3.72. The van der Waals surface area contributed by atoms with Gasteiger partial charge in [-0.1, -0.05) is 72.8 Å². The van der Waals surface area contributed by atoms with E-state index < -0.39 is 0 Å². The van der Waals surface area contributed by atoms with Crippen molar-refractivity contribution in [3.63, 3.8) is 0 Å². The van der Waals surface area contributed by atoms with Gasteiger partial charge in [0.25, 0.3) is 0 Å². The lowest BCUT2D eigenvalue weighted by molar-refractivity contribution is 0.401. The standard InChI is InChI=1S/C22H17NO/c1-24-22-20(15-19-9-5-6-10-21(19)23-22)18-13-11-17(12-14-18)16-7-3-2-4-8-16/h2-15H,1H3. The summed E-state index contributed by atoms with van der Waals surface area (Å²) in [5, 5.41) is 1.11. The summed E-state index contributed by atoms with van der Waals surface area (Å²) >= 11 is 0. The van der Waals surface area contributed by atoms with Gasteiger partial charge in [0.1, 0.15) is 0 Å². The van der Waals surface area contributed by atoms with Crippen LogP contribution < -0.4 is 4.74 Å². The predicted octanol–water partition coefficient (Wildman–Crippen LogP) is 5.58. The number of ether oxygens (including phenoxy) is 1. The normalized spacial score (nSPS) is 10.7. The van der Waals surface area contributed by atoms with Crippen molar-refractivity contribution in [1.82, 2.24) is 4.98 Å².